The number of benzene rings is 2. The molecule has 0 radical (unpaired) electrons. The van der Waals surface area contributed by atoms with Gasteiger partial charge in [-0.25, -0.2) is 0 Å². The molecule has 0 atom stereocenters. The fourth-order valence-corrected chi connectivity index (χ4v) is 2.50. The molecule has 4 nitrogen and oxygen atoms in total. The second-order valence-corrected chi connectivity index (χ2v) is 6.02. The van der Waals surface area contributed by atoms with Gasteiger partial charge in [-0.1, -0.05) is 35.9 Å². The average molecular weight is 331 g/mol. The fourth-order valence-electron chi connectivity index (χ4n) is 2.50. The van der Waals surface area contributed by atoms with Crippen LogP contribution in [0.25, 0.3) is 11.9 Å². The summed E-state index contributed by atoms with van der Waals surface area (Å²) >= 11 is 0. The van der Waals surface area contributed by atoms with Crippen LogP contribution < -0.4 is 10.8 Å². The highest BCUT2D eigenvalue weighted by Gasteiger charge is 2.04. The zero-order valence-corrected chi connectivity index (χ0v) is 14.3. The largest absolute Gasteiger partial charge is 0.508 e. The third-order valence-electron chi connectivity index (χ3n) is 3.98. The Morgan fingerprint density at radius 2 is 1.68 bits per heavy atom. The van der Waals surface area contributed by atoms with E-state index in [1.807, 2.05) is 79.2 Å². The van der Waals surface area contributed by atoms with Gasteiger partial charge < -0.3 is 10.4 Å². The minimum Gasteiger partial charge on any atom is -0.508 e. The van der Waals surface area contributed by atoms with Crippen LogP contribution in [0.4, 0.5) is 5.69 Å². The molecule has 1 heterocycles. The van der Waals surface area contributed by atoms with E-state index >= 15 is 0 Å². The molecule has 0 fully saturated rings. The number of hydrogen-bond acceptors (Lipinski definition) is 3. The third-order valence-corrected chi connectivity index (χ3v) is 3.98. The van der Waals surface area contributed by atoms with Crippen molar-refractivity contribution in [2.45, 2.75) is 13.8 Å². The third kappa shape index (κ3) is 3.98. The molecule has 2 aromatic carbocycles. The summed E-state index contributed by atoms with van der Waals surface area (Å²) in [5.41, 5.74) is 4.39. The Bertz CT molecular complexity index is 952. The van der Waals surface area contributed by atoms with Gasteiger partial charge in [0.25, 0.3) is 0 Å². The van der Waals surface area contributed by atoms with Crippen LogP contribution >= 0.6 is 0 Å². The number of aryl methyl sites for hydroxylation is 2. The Kier molecular flexibility index (Phi) is 4.70. The summed E-state index contributed by atoms with van der Waals surface area (Å²) in [6.07, 6.45) is 3.82. The first-order chi connectivity index (χ1) is 12.0. The summed E-state index contributed by atoms with van der Waals surface area (Å²) < 4.78 is 1.81. The van der Waals surface area contributed by atoms with Crippen molar-refractivity contribution in [3.63, 3.8) is 0 Å². The van der Waals surface area contributed by atoms with Crippen LogP contribution in [0.2, 0.25) is 0 Å². The molecule has 3 rings (SSSR count). The molecule has 0 saturated heterocycles. The van der Waals surface area contributed by atoms with Gasteiger partial charge in [0, 0.05) is 11.9 Å². The smallest absolute Gasteiger partial charge is 0.133 e. The molecule has 4 heteroatoms. The van der Waals surface area contributed by atoms with Crippen LogP contribution in [-0.4, -0.2) is 9.67 Å². The van der Waals surface area contributed by atoms with Gasteiger partial charge in [-0.2, -0.15) is 0 Å². The lowest BCUT2D eigenvalue weighted by molar-refractivity contribution is 0.475. The molecule has 3 aromatic rings. The minimum absolute atomic E-state index is 0.231. The lowest BCUT2D eigenvalue weighted by Gasteiger charge is -2.16. The summed E-state index contributed by atoms with van der Waals surface area (Å²) in [5.74, 6) is 0.998. The van der Waals surface area contributed by atoms with Crippen molar-refractivity contribution in [3.8, 4) is 5.75 Å². The molecule has 0 spiro atoms. The van der Waals surface area contributed by atoms with Crippen molar-refractivity contribution in [3.05, 3.63) is 89.0 Å². The van der Waals surface area contributed by atoms with Crippen LogP contribution in [0.1, 0.15) is 16.7 Å². The standard InChI is InChI=1S/C21H21N3O/c1-15-5-9-18(10-6-15)23-20(14-17-7-11-19(25)12-8-17)24-13-3-4-16(2)21(24)22/h3-14,22-23,25H,1-2H3/b20-14+,22-21?. The first-order valence-electron chi connectivity index (χ1n) is 8.10. The number of hydrogen-bond donors (Lipinski definition) is 3. The van der Waals surface area contributed by atoms with Crippen LogP contribution in [0.3, 0.4) is 0 Å². The molecule has 0 amide bonds. The van der Waals surface area contributed by atoms with Crippen molar-refractivity contribution >= 4 is 17.6 Å². The molecule has 0 aliphatic carbocycles. The van der Waals surface area contributed by atoms with Gasteiger partial charge in [-0.05, 0) is 61.4 Å². The molecule has 25 heavy (non-hydrogen) atoms. The maximum Gasteiger partial charge on any atom is 0.133 e. The summed E-state index contributed by atoms with van der Waals surface area (Å²) in [4.78, 5) is 0. The number of aromatic nitrogens is 1. The highest BCUT2D eigenvalue weighted by atomic mass is 16.3. The average Bonchev–Trinajstić information content (AvgIpc) is 2.61. The zero-order valence-electron chi connectivity index (χ0n) is 14.3. The number of anilines is 1. The zero-order chi connectivity index (χ0) is 17.8. The molecule has 0 unspecified atom stereocenters. The van der Waals surface area contributed by atoms with Gasteiger partial charge in [0.05, 0.1) is 0 Å². The molecule has 3 N–H and O–H groups in total. The van der Waals surface area contributed by atoms with Crippen LogP contribution in [0.15, 0.2) is 66.9 Å². The van der Waals surface area contributed by atoms with Gasteiger partial charge >= 0.3 is 0 Å². The second-order valence-electron chi connectivity index (χ2n) is 6.02. The monoisotopic (exact) mass is 331 g/mol. The lowest BCUT2D eigenvalue weighted by atomic mass is 10.2. The number of phenolic OH excluding ortho intramolecular Hbond substituents is 1. The highest BCUT2D eigenvalue weighted by molar-refractivity contribution is 5.79. The predicted molar refractivity (Wildman–Crippen MR) is 102 cm³/mol. The summed E-state index contributed by atoms with van der Waals surface area (Å²) in [7, 11) is 0. The van der Waals surface area contributed by atoms with Crippen molar-refractivity contribution < 1.29 is 5.11 Å². The van der Waals surface area contributed by atoms with Gasteiger partial charge in [0.1, 0.15) is 17.1 Å². The summed E-state index contributed by atoms with van der Waals surface area (Å²) in [5, 5.41) is 21.2. The lowest BCUT2D eigenvalue weighted by Crippen LogP contribution is -2.23. The van der Waals surface area contributed by atoms with Gasteiger partial charge in [0.2, 0.25) is 0 Å². The van der Waals surface area contributed by atoms with Crippen molar-refractivity contribution in [1.29, 1.82) is 5.41 Å². The van der Waals surface area contributed by atoms with E-state index in [0.29, 0.717) is 5.49 Å². The van der Waals surface area contributed by atoms with E-state index < -0.39 is 0 Å². The van der Waals surface area contributed by atoms with Gasteiger partial charge in [0.15, 0.2) is 0 Å². The normalized spacial score (nSPS) is 11.4. The van der Waals surface area contributed by atoms with Crippen molar-refractivity contribution in [1.82, 2.24) is 4.57 Å². The summed E-state index contributed by atoms with van der Waals surface area (Å²) in [6.45, 7) is 3.97. The fraction of sp³-hybridized carbons (Fsp3) is 0.0952. The van der Waals surface area contributed by atoms with E-state index in [2.05, 4.69) is 5.32 Å². The number of nitrogens with one attached hydrogen (secondary N) is 2. The first-order valence-corrected chi connectivity index (χ1v) is 8.10. The quantitative estimate of drug-likeness (QED) is 0.665. The SMILES string of the molecule is Cc1ccc(N/C(=C\c2ccc(O)cc2)n2cccc(C)c2=N)cc1. The maximum absolute atomic E-state index is 9.48. The van der Waals surface area contributed by atoms with E-state index in [4.69, 9.17) is 5.41 Å². The Labute approximate surface area is 147 Å². The maximum atomic E-state index is 9.48. The molecular weight excluding hydrogens is 310 g/mol. The molecule has 0 saturated carbocycles. The van der Waals surface area contributed by atoms with Crippen LogP contribution in [-0.2, 0) is 0 Å². The predicted octanol–water partition coefficient (Wildman–Crippen LogP) is 4.36. The van der Waals surface area contributed by atoms with E-state index in [9.17, 15) is 5.11 Å². The van der Waals surface area contributed by atoms with Gasteiger partial charge in [-0.3, -0.25) is 9.98 Å². The first kappa shape index (κ1) is 16.6. The number of rotatable bonds is 4. The Hall–Kier alpha value is -3.27. The van der Waals surface area contributed by atoms with Crippen molar-refractivity contribution in [2.24, 2.45) is 0 Å². The molecule has 126 valence electrons. The van der Waals surface area contributed by atoms with E-state index in [-0.39, 0.29) is 5.75 Å². The molecule has 0 aliphatic heterocycles. The molecule has 0 bridgehead atoms. The molecule has 0 aliphatic rings. The van der Waals surface area contributed by atoms with E-state index in [0.717, 1.165) is 22.6 Å². The van der Waals surface area contributed by atoms with E-state index in [1.165, 1.54) is 5.56 Å². The van der Waals surface area contributed by atoms with Crippen LogP contribution in [0, 0.1) is 19.3 Å². The number of aromatic hydroxyl groups is 1. The Morgan fingerprint density at radius 1 is 1.00 bits per heavy atom. The van der Waals surface area contributed by atoms with E-state index in [1.54, 1.807) is 12.1 Å². The number of pyridine rings is 1. The highest BCUT2D eigenvalue weighted by Crippen LogP contribution is 2.18. The molecular formula is C21H21N3O. The second kappa shape index (κ2) is 7.09. The Balaban J connectivity index is 2.07. The number of nitrogens with zero attached hydrogens (tertiary/aromatic N) is 1. The van der Waals surface area contributed by atoms with Crippen LogP contribution in [0.5, 0.6) is 5.75 Å². The minimum atomic E-state index is 0.231. The topological polar surface area (TPSA) is 61.0 Å². The van der Waals surface area contributed by atoms with Crippen molar-refractivity contribution in [2.75, 3.05) is 5.32 Å². The molecule has 1 aromatic heterocycles. The number of phenols is 1. The summed E-state index contributed by atoms with van der Waals surface area (Å²) in [6, 6.07) is 18.9. The Morgan fingerprint density at radius 3 is 2.36 bits per heavy atom. The van der Waals surface area contributed by atoms with Gasteiger partial charge in [-0.15, -0.1) is 0 Å².